The van der Waals surface area contributed by atoms with Gasteiger partial charge in [-0.2, -0.15) is 0 Å². The first kappa shape index (κ1) is 16.1. The fourth-order valence-corrected chi connectivity index (χ4v) is 3.27. The zero-order valence-corrected chi connectivity index (χ0v) is 12.8. The molecular formula is C15H26N2O4. The smallest absolute Gasteiger partial charge is 0.317 e. The molecule has 1 unspecified atom stereocenters. The molecule has 2 N–H and O–H groups in total. The number of amides is 2. The Bertz CT molecular complexity index is 380. The Morgan fingerprint density at radius 3 is 2.71 bits per heavy atom. The maximum Gasteiger partial charge on any atom is 0.317 e. The van der Waals surface area contributed by atoms with Crippen molar-refractivity contribution in [2.75, 3.05) is 26.3 Å². The van der Waals surface area contributed by atoms with Crippen LogP contribution in [0.2, 0.25) is 0 Å². The minimum Gasteiger partial charge on any atom is -0.481 e. The molecule has 6 heteroatoms. The molecule has 1 saturated heterocycles. The number of rotatable bonds is 4. The van der Waals surface area contributed by atoms with Crippen molar-refractivity contribution in [3.63, 3.8) is 0 Å². The third-order valence-electron chi connectivity index (χ3n) is 4.63. The molecule has 1 heterocycles. The van der Waals surface area contributed by atoms with Crippen LogP contribution >= 0.6 is 0 Å². The van der Waals surface area contributed by atoms with Crippen molar-refractivity contribution in [3.8, 4) is 0 Å². The molecule has 0 bridgehead atoms. The molecule has 6 nitrogen and oxygen atoms in total. The van der Waals surface area contributed by atoms with Gasteiger partial charge in [0.1, 0.15) is 0 Å². The van der Waals surface area contributed by atoms with Gasteiger partial charge in [0.15, 0.2) is 0 Å². The number of urea groups is 1. The van der Waals surface area contributed by atoms with Gasteiger partial charge < -0.3 is 20.1 Å². The molecule has 0 aromatic carbocycles. The van der Waals surface area contributed by atoms with Gasteiger partial charge in [0.2, 0.25) is 0 Å². The molecule has 1 aliphatic carbocycles. The number of nitrogens with one attached hydrogen (secondary N) is 1. The third-order valence-corrected chi connectivity index (χ3v) is 4.63. The van der Waals surface area contributed by atoms with E-state index < -0.39 is 5.97 Å². The summed E-state index contributed by atoms with van der Waals surface area (Å²) in [6.45, 7) is 4.13. The molecule has 120 valence electrons. The van der Waals surface area contributed by atoms with Gasteiger partial charge in [-0.1, -0.05) is 26.2 Å². The summed E-state index contributed by atoms with van der Waals surface area (Å²) in [4.78, 5) is 24.8. The van der Waals surface area contributed by atoms with Crippen molar-refractivity contribution in [2.45, 2.75) is 51.5 Å². The second-order valence-electron chi connectivity index (χ2n) is 6.55. The molecule has 21 heavy (non-hydrogen) atoms. The number of hydrogen-bond acceptors (Lipinski definition) is 3. The number of nitrogens with zero attached hydrogens (tertiary/aromatic N) is 1. The van der Waals surface area contributed by atoms with Gasteiger partial charge in [0.05, 0.1) is 25.7 Å². The molecular weight excluding hydrogens is 272 g/mol. The Kier molecular flexibility index (Phi) is 5.45. The van der Waals surface area contributed by atoms with E-state index in [-0.39, 0.29) is 23.9 Å². The van der Waals surface area contributed by atoms with E-state index in [0.29, 0.717) is 26.3 Å². The fraction of sp³-hybridized carbons (Fsp3) is 0.867. The monoisotopic (exact) mass is 298 g/mol. The SMILES string of the molecule is CC1(CNC(=O)N2CCOCC2CC(=O)O)CCCCC1. The fourth-order valence-electron chi connectivity index (χ4n) is 3.27. The highest BCUT2D eigenvalue weighted by Gasteiger charge is 2.31. The van der Waals surface area contributed by atoms with Gasteiger partial charge in [0.25, 0.3) is 0 Å². The number of carbonyl (C=O) groups is 2. The van der Waals surface area contributed by atoms with Crippen LogP contribution in [0.15, 0.2) is 0 Å². The molecule has 2 amide bonds. The Morgan fingerprint density at radius 2 is 2.05 bits per heavy atom. The molecule has 0 aromatic rings. The first-order chi connectivity index (χ1) is 10.0. The normalized spacial score (nSPS) is 25.4. The van der Waals surface area contributed by atoms with E-state index >= 15 is 0 Å². The number of carboxylic acids is 1. The lowest BCUT2D eigenvalue weighted by Crippen LogP contribution is -2.54. The van der Waals surface area contributed by atoms with Crippen LogP contribution in [0.5, 0.6) is 0 Å². The van der Waals surface area contributed by atoms with E-state index in [9.17, 15) is 9.59 Å². The molecule has 2 fully saturated rings. The lowest BCUT2D eigenvalue weighted by molar-refractivity contribution is -0.139. The van der Waals surface area contributed by atoms with Crippen molar-refractivity contribution < 1.29 is 19.4 Å². The van der Waals surface area contributed by atoms with Crippen molar-refractivity contribution in [1.82, 2.24) is 10.2 Å². The maximum atomic E-state index is 12.3. The highest BCUT2D eigenvalue weighted by molar-refractivity contribution is 5.76. The molecule has 0 aromatic heterocycles. The number of aliphatic carboxylic acids is 1. The Morgan fingerprint density at radius 1 is 1.33 bits per heavy atom. The summed E-state index contributed by atoms with van der Waals surface area (Å²) in [5.41, 5.74) is 0.183. The van der Waals surface area contributed by atoms with E-state index in [4.69, 9.17) is 9.84 Å². The van der Waals surface area contributed by atoms with Crippen LogP contribution in [-0.2, 0) is 9.53 Å². The van der Waals surface area contributed by atoms with Crippen LogP contribution < -0.4 is 5.32 Å². The van der Waals surface area contributed by atoms with E-state index in [1.54, 1.807) is 4.90 Å². The van der Waals surface area contributed by atoms with E-state index in [0.717, 1.165) is 12.8 Å². The van der Waals surface area contributed by atoms with Crippen molar-refractivity contribution in [1.29, 1.82) is 0 Å². The standard InChI is InChI=1S/C15H26N2O4/c1-15(5-3-2-4-6-15)11-16-14(20)17-7-8-21-10-12(17)9-13(18)19/h12H,2-11H2,1H3,(H,16,20)(H,18,19). The molecule has 0 spiro atoms. The largest absolute Gasteiger partial charge is 0.481 e. The predicted molar refractivity (Wildman–Crippen MR) is 78.2 cm³/mol. The quantitative estimate of drug-likeness (QED) is 0.830. The summed E-state index contributed by atoms with van der Waals surface area (Å²) in [6, 6.07) is -0.522. The number of ether oxygens (including phenoxy) is 1. The summed E-state index contributed by atoms with van der Waals surface area (Å²) in [5, 5.41) is 11.9. The topological polar surface area (TPSA) is 78.9 Å². The van der Waals surface area contributed by atoms with Gasteiger partial charge in [-0.25, -0.2) is 4.79 Å². The highest BCUT2D eigenvalue weighted by Crippen LogP contribution is 2.34. The van der Waals surface area contributed by atoms with Crippen molar-refractivity contribution in [3.05, 3.63) is 0 Å². The van der Waals surface area contributed by atoms with Gasteiger partial charge in [0, 0.05) is 13.1 Å². The van der Waals surface area contributed by atoms with Crippen LogP contribution in [0.3, 0.4) is 0 Å². The Balaban J connectivity index is 1.86. The summed E-state index contributed by atoms with van der Waals surface area (Å²) >= 11 is 0. The zero-order chi connectivity index (χ0) is 15.3. The lowest BCUT2D eigenvalue weighted by atomic mass is 9.76. The van der Waals surface area contributed by atoms with Crippen LogP contribution in [0.4, 0.5) is 4.79 Å². The van der Waals surface area contributed by atoms with E-state index in [2.05, 4.69) is 12.2 Å². The van der Waals surface area contributed by atoms with Crippen LogP contribution in [0.25, 0.3) is 0 Å². The first-order valence-electron chi connectivity index (χ1n) is 7.84. The lowest BCUT2D eigenvalue weighted by Gasteiger charge is -2.37. The van der Waals surface area contributed by atoms with Crippen LogP contribution in [0, 0.1) is 5.41 Å². The molecule has 2 rings (SSSR count). The van der Waals surface area contributed by atoms with Gasteiger partial charge >= 0.3 is 12.0 Å². The molecule has 2 aliphatic rings. The van der Waals surface area contributed by atoms with Crippen molar-refractivity contribution in [2.24, 2.45) is 5.41 Å². The molecule has 1 aliphatic heterocycles. The minimum absolute atomic E-state index is 0.0648. The minimum atomic E-state index is -0.900. The Labute approximate surface area is 125 Å². The Hall–Kier alpha value is -1.30. The van der Waals surface area contributed by atoms with E-state index in [1.165, 1.54) is 19.3 Å². The average Bonchev–Trinajstić information content (AvgIpc) is 2.46. The van der Waals surface area contributed by atoms with E-state index in [1.807, 2.05) is 0 Å². The van der Waals surface area contributed by atoms with Gasteiger partial charge in [-0.15, -0.1) is 0 Å². The zero-order valence-electron chi connectivity index (χ0n) is 12.8. The summed E-state index contributed by atoms with van der Waals surface area (Å²) in [7, 11) is 0. The van der Waals surface area contributed by atoms with Gasteiger partial charge in [-0.05, 0) is 18.3 Å². The molecule has 1 saturated carbocycles. The molecule has 1 atom stereocenters. The summed E-state index contributed by atoms with van der Waals surface area (Å²) < 4.78 is 5.29. The third kappa shape index (κ3) is 4.59. The molecule has 0 radical (unpaired) electrons. The second-order valence-corrected chi connectivity index (χ2v) is 6.55. The van der Waals surface area contributed by atoms with Crippen molar-refractivity contribution >= 4 is 12.0 Å². The second kappa shape index (κ2) is 7.11. The number of morpholine rings is 1. The van der Waals surface area contributed by atoms with Crippen LogP contribution in [0.1, 0.15) is 45.4 Å². The maximum absolute atomic E-state index is 12.3. The predicted octanol–water partition coefficient (Wildman–Crippen LogP) is 1.84. The summed E-state index contributed by atoms with van der Waals surface area (Å²) in [5.74, 6) is -0.900. The highest BCUT2D eigenvalue weighted by atomic mass is 16.5. The number of hydrogen-bond donors (Lipinski definition) is 2. The summed E-state index contributed by atoms with van der Waals surface area (Å²) in [6.07, 6.45) is 5.97. The average molecular weight is 298 g/mol. The van der Waals surface area contributed by atoms with Crippen LogP contribution in [-0.4, -0.2) is 54.4 Å². The number of carbonyl (C=O) groups excluding carboxylic acids is 1. The number of carboxylic acid groups (broad SMARTS) is 1. The first-order valence-corrected chi connectivity index (χ1v) is 7.84. The van der Waals surface area contributed by atoms with Gasteiger partial charge in [-0.3, -0.25) is 4.79 Å².